The van der Waals surface area contributed by atoms with Crippen molar-refractivity contribution in [3.63, 3.8) is 0 Å². The van der Waals surface area contributed by atoms with Gasteiger partial charge >= 0.3 is 6.18 Å². The number of nitrogens with two attached hydrogens (primary N) is 1. The summed E-state index contributed by atoms with van der Waals surface area (Å²) < 4.78 is 42.1. The van der Waals surface area contributed by atoms with Crippen molar-refractivity contribution in [2.24, 2.45) is 23.5 Å². The standard InChI is InChI=1S/C18H22ClF3N2O2.ClH/c19-13-4-5-14(15(8-13)26-9-18(20,21)22)24-17(25)12-6-10-2-1-3-11(7-12)16(10)23;/h4-5,8,10-12,16H,1-3,6-7,9,23H2,(H,24,25);1H. The predicted molar refractivity (Wildman–Crippen MR) is 100 cm³/mol. The van der Waals surface area contributed by atoms with E-state index in [4.69, 9.17) is 22.1 Å². The van der Waals surface area contributed by atoms with Gasteiger partial charge in [0.2, 0.25) is 5.91 Å². The molecule has 1 aromatic carbocycles. The number of fused-ring (bicyclic) bond motifs is 2. The van der Waals surface area contributed by atoms with Crippen molar-refractivity contribution in [2.75, 3.05) is 11.9 Å². The van der Waals surface area contributed by atoms with Crippen LogP contribution in [0.4, 0.5) is 18.9 Å². The third kappa shape index (κ3) is 5.65. The van der Waals surface area contributed by atoms with Crippen LogP contribution in [0.25, 0.3) is 0 Å². The number of carbonyl (C=O) groups excluding carboxylic acids is 1. The van der Waals surface area contributed by atoms with E-state index in [1.807, 2.05) is 0 Å². The Bertz CT molecular complexity index is 658. The number of hydrogen-bond acceptors (Lipinski definition) is 3. The van der Waals surface area contributed by atoms with E-state index >= 15 is 0 Å². The molecule has 0 radical (unpaired) electrons. The summed E-state index contributed by atoms with van der Waals surface area (Å²) in [5, 5.41) is 2.95. The maximum Gasteiger partial charge on any atom is 0.422 e. The van der Waals surface area contributed by atoms with Crippen molar-refractivity contribution in [1.82, 2.24) is 0 Å². The van der Waals surface area contributed by atoms with Crippen molar-refractivity contribution >= 4 is 35.6 Å². The van der Waals surface area contributed by atoms with E-state index in [1.165, 1.54) is 18.2 Å². The molecule has 152 valence electrons. The van der Waals surface area contributed by atoms with E-state index in [2.05, 4.69) is 5.32 Å². The number of nitrogens with one attached hydrogen (secondary N) is 1. The third-order valence-corrected chi connectivity index (χ3v) is 5.61. The van der Waals surface area contributed by atoms with Gasteiger partial charge in [-0.05, 0) is 49.7 Å². The second kappa shape index (κ2) is 8.88. The Labute approximate surface area is 167 Å². The van der Waals surface area contributed by atoms with Crippen LogP contribution < -0.4 is 15.8 Å². The van der Waals surface area contributed by atoms with Gasteiger partial charge in [-0.1, -0.05) is 18.0 Å². The van der Waals surface area contributed by atoms with Gasteiger partial charge in [-0.3, -0.25) is 4.79 Å². The molecule has 0 aliphatic heterocycles. The molecule has 3 rings (SSSR count). The molecule has 2 atom stereocenters. The number of benzene rings is 1. The van der Waals surface area contributed by atoms with E-state index in [-0.39, 0.29) is 46.7 Å². The highest BCUT2D eigenvalue weighted by atomic mass is 35.5. The number of anilines is 1. The number of alkyl halides is 3. The van der Waals surface area contributed by atoms with E-state index in [0.717, 1.165) is 32.1 Å². The van der Waals surface area contributed by atoms with Crippen LogP contribution in [0.15, 0.2) is 18.2 Å². The lowest BCUT2D eigenvalue weighted by Gasteiger charge is -2.43. The van der Waals surface area contributed by atoms with E-state index in [0.29, 0.717) is 11.8 Å². The van der Waals surface area contributed by atoms with Crippen molar-refractivity contribution < 1.29 is 22.7 Å². The lowest BCUT2D eigenvalue weighted by atomic mass is 9.65. The number of rotatable bonds is 4. The first-order valence-corrected chi connectivity index (χ1v) is 9.16. The van der Waals surface area contributed by atoms with Gasteiger partial charge in [0.1, 0.15) is 5.75 Å². The molecule has 0 aromatic heterocycles. The summed E-state index contributed by atoms with van der Waals surface area (Å²) in [6.45, 7) is -1.45. The monoisotopic (exact) mass is 426 g/mol. The fraction of sp³-hybridized carbons (Fsp3) is 0.611. The molecule has 27 heavy (non-hydrogen) atoms. The Hall–Kier alpha value is -1.18. The summed E-state index contributed by atoms with van der Waals surface area (Å²) >= 11 is 5.84. The molecule has 2 bridgehead atoms. The van der Waals surface area contributed by atoms with E-state index < -0.39 is 12.8 Å². The molecule has 1 amide bonds. The molecule has 0 heterocycles. The maximum atomic E-state index is 12.7. The molecule has 4 nitrogen and oxygen atoms in total. The molecule has 2 aliphatic rings. The summed E-state index contributed by atoms with van der Waals surface area (Å²) in [4.78, 5) is 12.7. The molecular weight excluding hydrogens is 404 g/mol. The molecule has 0 saturated heterocycles. The average molecular weight is 427 g/mol. The minimum Gasteiger partial charge on any atom is -0.482 e. The normalized spacial score (nSPS) is 27.4. The number of halogens is 5. The molecule has 3 N–H and O–H groups in total. The van der Waals surface area contributed by atoms with Gasteiger partial charge in [-0.2, -0.15) is 13.2 Å². The van der Waals surface area contributed by atoms with Crippen molar-refractivity contribution in [3.05, 3.63) is 23.2 Å². The van der Waals surface area contributed by atoms with Crippen LogP contribution in [0, 0.1) is 17.8 Å². The highest BCUT2D eigenvalue weighted by Gasteiger charge is 2.40. The van der Waals surface area contributed by atoms with Gasteiger partial charge in [-0.15, -0.1) is 12.4 Å². The molecule has 9 heteroatoms. The van der Waals surface area contributed by atoms with Crippen LogP contribution in [0.2, 0.25) is 5.02 Å². The summed E-state index contributed by atoms with van der Waals surface area (Å²) in [6.07, 6.45) is 0.168. The number of ether oxygens (including phenoxy) is 1. The smallest absolute Gasteiger partial charge is 0.422 e. The highest BCUT2D eigenvalue weighted by Crippen LogP contribution is 2.42. The van der Waals surface area contributed by atoms with Gasteiger partial charge in [0.15, 0.2) is 6.61 Å². The molecule has 2 unspecified atom stereocenters. The van der Waals surface area contributed by atoms with Gasteiger partial charge in [-0.25, -0.2) is 0 Å². The van der Waals surface area contributed by atoms with E-state index in [9.17, 15) is 18.0 Å². The first-order valence-electron chi connectivity index (χ1n) is 8.78. The van der Waals surface area contributed by atoms with Gasteiger partial charge in [0.25, 0.3) is 0 Å². The lowest BCUT2D eigenvalue weighted by Crippen LogP contribution is -2.48. The largest absolute Gasteiger partial charge is 0.482 e. The van der Waals surface area contributed by atoms with Crippen LogP contribution in [0.5, 0.6) is 5.75 Å². The molecule has 2 fully saturated rings. The van der Waals surface area contributed by atoms with Crippen LogP contribution in [0.3, 0.4) is 0 Å². The zero-order valence-corrected chi connectivity index (χ0v) is 16.2. The number of hydrogen-bond donors (Lipinski definition) is 2. The minimum absolute atomic E-state index is 0. The van der Waals surface area contributed by atoms with Crippen molar-refractivity contribution in [3.8, 4) is 5.75 Å². The molecular formula is C18H23Cl2F3N2O2. The van der Waals surface area contributed by atoms with Gasteiger partial charge < -0.3 is 15.8 Å². The maximum absolute atomic E-state index is 12.7. The molecule has 0 spiro atoms. The summed E-state index contributed by atoms with van der Waals surface area (Å²) in [5.74, 6) is 0.203. The van der Waals surface area contributed by atoms with Gasteiger partial charge in [0, 0.05) is 23.0 Å². The van der Waals surface area contributed by atoms with Crippen LogP contribution in [-0.2, 0) is 4.79 Å². The van der Waals surface area contributed by atoms with E-state index in [1.54, 1.807) is 0 Å². The van der Waals surface area contributed by atoms with Crippen molar-refractivity contribution in [1.29, 1.82) is 0 Å². The number of carbonyl (C=O) groups is 1. The Morgan fingerprint density at radius 1 is 1.26 bits per heavy atom. The fourth-order valence-electron chi connectivity index (χ4n) is 4.12. The highest BCUT2D eigenvalue weighted by molar-refractivity contribution is 6.30. The lowest BCUT2D eigenvalue weighted by molar-refractivity contribution is -0.153. The fourth-order valence-corrected chi connectivity index (χ4v) is 4.28. The first kappa shape index (κ1) is 22.1. The Kier molecular flexibility index (Phi) is 7.27. The van der Waals surface area contributed by atoms with Crippen LogP contribution >= 0.6 is 24.0 Å². The molecule has 2 aliphatic carbocycles. The average Bonchev–Trinajstić information content (AvgIpc) is 2.54. The van der Waals surface area contributed by atoms with Crippen LogP contribution in [0.1, 0.15) is 32.1 Å². The van der Waals surface area contributed by atoms with Crippen LogP contribution in [-0.4, -0.2) is 24.7 Å². The molecule has 1 aromatic rings. The third-order valence-electron chi connectivity index (χ3n) is 5.38. The second-order valence-electron chi connectivity index (χ2n) is 7.23. The first-order chi connectivity index (χ1) is 12.2. The summed E-state index contributed by atoms with van der Waals surface area (Å²) in [7, 11) is 0. The SMILES string of the molecule is Cl.NC1C2CCCC1CC(C(=O)Nc1ccc(Cl)cc1OCC(F)(F)F)C2. The summed E-state index contributed by atoms with van der Waals surface area (Å²) in [5.41, 5.74) is 6.45. The second-order valence-corrected chi connectivity index (χ2v) is 7.67. The zero-order chi connectivity index (χ0) is 18.9. The molecule has 2 saturated carbocycles. The Morgan fingerprint density at radius 2 is 1.89 bits per heavy atom. The minimum atomic E-state index is -4.47. The van der Waals surface area contributed by atoms with Gasteiger partial charge in [0.05, 0.1) is 5.69 Å². The topological polar surface area (TPSA) is 64.4 Å². The summed E-state index contributed by atoms with van der Waals surface area (Å²) in [6, 6.07) is 4.38. The zero-order valence-electron chi connectivity index (χ0n) is 14.6. The Morgan fingerprint density at radius 3 is 2.48 bits per heavy atom. The van der Waals surface area contributed by atoms with Crippen molar-refractivity contribution in [2.45, 2.75) is 44.3 Å². The predicted octanol–water partition coefficient (Wildman–Crippen LogP) is 4.80. The quantitative estimate of drug-likeness (QED) is 0.726. The Balaban J connectivity index is 0.00000261. The number of amides is 1.